The standard InChI is InChI=1S/C16H12F5N3O2/c17-15(18,19)14-23-10-6-9(22)4-5-11(10)24(14)7-8-2-1-3-12-13(8)26-16(20,21)25-12/h1-6,12-13H,7,22H2. The number of alkyl halides is 5. The lowest BCUT2D eigenvalue weighted by Crippen LogP contribution is -2.28. The Kier molecular flexibility index (Phi) is 3.60. The van der Waals surface area contributed by atoms with Crippen LogP contribution in [0.4, 0.5) is 27.6 Å². The molecule has 138 valence electrons. The second-order valence-electron chi connectivity index (χ2n) is 5.98. The van der Waals surface area contributed by atoms with E-state index in [1.54, 1.807) is 0 Å². The van der Waals surface area contributed by atoms with Gasteiger partial charge >= 0.3 is 12.5 Å². The number of anilines is 1. The highest BCUT2D eigenvalue weighted by Gasteiger charge is 2.50. The highest BCUT2D eigenvalue weighted by molar-refractivity contribution is 5.80. The number of benzene rings is 1. The number of aromatic nitrogens is 2. The summed E-state index contributed by atoms with van der Waals surface area (Å²) in [6.07, 6.45) is -6.50. The quantitative estimate of drug-likeness (QED) is 0.647. The number of nitrogens with two attached hydrogens (primary N) is 1. The summed E-state index contributed by atoms with van der Waals surface area (Å²) in [5.41, 5.74) is 6.34. The fraction of sp³-hybridized carbons (Fsp3) is 0.312. The number of fused-ring (bicyclic) bond motifs is 2. The maximum absolute atomic E-state index is 13.4. The molecule has 2 unspecified atom stereocenters. The van der Waals surface area contributed by atoms with E-state index < -0.39 is 30.5 Å². The predicted octanol–water partition coefficient (Wildman–Crippen LogP) is 3.47. The van der Waals surface area contributed by atoms with Gasteiger partial charge in [0.2, 0.25) is 5.82 Å². The van der Waals surface area contributed by atoms with Crippen molar-refractivity contribution in [3.8, 4) is 0 Å². The fourth-order valence-corrected chi connectivity index (χ4v) is 3.12. The molecule has 1 aromatic carbocycles. The fourth-order valence-electron chi connectivity index (χ4n) is 3.12. The van der Waals surface area contributed by atoms with E-state index >= 15 is 0 Å². The Morgan fingerprint density at radius 3 is 2.73 bits per heavy atom. The summed E-state index contributed by atoms with van der Waals surface area (Å²) in [7, 11) is 0. The van der Waals surface area contributed by atoms with Gasteiger partial charge in [-0.25, -0.2) is 4.98 Å². The van der Waals surface area contributed by atoms with Crippen LogP contribution in [-0.2, 0) is 22.2 Å². The maximum atomic E-state index is 13.4. The molecule has 5 nitrogen and oxygen atoms in total. The lowest BCUT2D eigenvalue weighted by Gasteiger charge is -2.21. The topological polar surface area (TPSA) is 62.3 Å². The molecule has 0 radical (unpaired) electrons. The minimum atomic E-state index is -4.73. The molecule has 10 heteroatoms. The average molecular weight is 373 g/mol. The van der Waals surface area contributed by atoms with E-state index in [2.05, 4.69) is 14.5 Å². The van der Waals surface area contributed by atoms with Crippen LogP contribution in [0.25, 0.3) is 11.0 Å². The van der Waals surface area contributed by atoms with E-state index in [-0.39, 0.29) is 28.8 Å². The molecule has 2 aliphatic rings. The molecule has 2 heterocycles. The SMILES string of the molecule is Nc1ccc2c(c1)nc(C(F)(F)F)n2CC1=CC=CC2OC(F)(F)OC12. The first kappa shape index (κ1) is 17.0. The van der Waals surface area contributed by atoms with E-state index in [1.807, 2.05) is 0 Å². The van der Waals surface area contributed by atoms with Crippen molar-refractivity contribution < 1.29 is 31.4 Å². The molecule has 0 spiro atoms. The van der Waals surface area contributed by atoms with Crippen LogP contribution < -0.4 is 5.73 Å². The summed E-state index contributed by atoms with van der Waals surface area (Å²) in [6, 6.07) is 4.18. The molecule has 2 aromatic rings. The number of ether oxygens (including phenoxy) is 2. The summed E-state index contributed by atoms with van der Waals surface area (Å²) in [5.74, 6) is -1.14. The third kappa shape index (κ3) is 2.84. The summed E-state index contributed by atoms with van der Waals surface area (Å²) in [6.45, 7) is -0.333. The van der Waals surface area contributed by atoms with Crippen molar-refractivity contribution in [3.63, 3.8) is 0 Å². The average Bonchev–Trinajstić information content (AvgIpc) is 3.03. The van der Waals surface area contributed by atoms with Gasteiger partial charge in [-0.15, -0.1) is 8.78 Å². The van der Waals surface area contributed by atoms with Crippen molar-refractivity contribution in [2.24, 2.45) is 0 Å². The normalized spacial score (nSPS) is 24.7. The second-order valence-corrected chi connectivity index (χ2v) is 5.98. The first-order valence-corrected chi connectivity index (χ1v) is 7.58. The predicted molar refractivity (Wildman–Crippen MR) is 81.1 cm³/mol. The monoisotopic (exact) mass is 373 g/mol. The van der Waals surface area contributed by atoms with Crippen LogP contribution >= 0.6 is 0 Å². The zero-order valence-electron chi connectivity index (χ0n) is 13.0. The van der Waals surface area contributed by atoms with E-state index in [0.717, 1.165) is 4.57 Å². The molecule has 4 rings (SSSR count). The van der Waals surface area contributed by atoms with Crippen LogP contribution in [0.15, 0.2) is 42.0 Å². The molecule has 2 N–H and O–H groups in total. The molecule has 0 bridgehead atoms. The van der Waals surface area contributed by atoms with Crippen molar-refractivity contribution in [3.05, 3.63) is 47.8 Å². The molecule has 0 amide bonds. The second kappa shape index (κ2) is 5.52. The summed E-state index contributed by atoms with van der Waals surface area (Å²) in [4.78, 5) is 3.62. The van der Waals surface area contributed by atoms with Gasteiger partial charge in [0.1, 0.15) is 12.2 Å². The number of halogens is 5. The van der Waals surface area contributed by atoms with E-state index in [1.165, 1.54) is 36.4 Å². The van der Waals surface area contributed by atoms with Crippen LogP contribution in [0.2, 0.25) is 0 Å². The van der Waals surface area contributed by atoms with Crippen LogP contribution in [0.3, 0.4) is 0 Å². The van der Waals surface area contributed by atoms with Crippen LogP contribution in [0, 0.1) is 0 Å². The Labute approximate surface area is 143 Å². The third-order valence-electron chi connectivity index (χ3n) is 4.18. The molecule has 1 aliphatic carbocycles. The molecule has 2 atom stereocenters. The minimum Gasteiger partial charge on any atom is -0.399 e. The summed E-state index contributed by atoms with van der Waals surface area (Å²) >= 11 is 0. The van der Waals surface area contributed by atoms with Crippen LogP contribution in [0.1, 0.15) is 5.82 Å². The van der Waals surface area contributed by atoms with Gasteiger partial charge in [0.05, 0.1) is 11.0 Å². The number of hydrogen-bond donors (Lipinski definition) is 1. The molecule has 1 aromatic heterocycles. The van der Waals surface area contributed by atoms with E-state index in [0.29, 0.717) is 0 Å². The zero-order valence-corrected chi connectivity index (χ0v) is 13.0. The lowest BCUT2D eigenvalue weighted by molar-refractivity contribution is -0.348. The zero-order chi connectivity index (χ0) is 18.7. The van der Waals surface area contributed by atoms with Gasteiger partial charge in [-0.05, 0) is 23.8 Å². The van der Waals surface area contributed by atoms with Gasteiger partial charge in [-0.2, -0.15) is 13.2 Å². The molecular formula is C16H12F5N3O2. The van der Waals surface area contributed by atoms with E-state index in [9.17, 15) is 22.0 Å². The molecule has 26 heavy (non-hydrogen) atoms. The minimum absolute atomic E-state index is 0.0646. The molecule has 1 fully saturated rings. The van der Waals surface area contributed by atoms with Gasteiger partial charge < -0.3 is 10.3 Å². The van der Waals surface area contributed by atoms with Crippen molar-refractivity contribution in [1.29, 1.82) is 0 Å². The Morgan fingerprint density at radius 2 is 2.00 bits per heavy atom. The number of nitrogen functional groups attached to an aromatic ring is 1. The molecule has 1 saturated heterocycles. The van der Waals surface area contributed by atoms with Crippen LogP contribution in [0.5, 0.6) is 0 Å². The van der Waals surface area contributed by atoms with Gasteiger partial charge in [0.25, 0.3) is 0 Å². The molecule has 1 aliphatic heterocycles. The number of allylic oxidation sites excluding steroid dienone is 2. The van der Waals surface area contributed by atoms with Gasteiger partial charge in [-0.3, -0.25) is 9.47 Å². The Bertz CT molecular complexity index is 932. The highest BCUT2D eigenvalue weighted by atomic mass is 19.4. The number of nitrogens with zero attached hydrogens (tertiary/aromatic N) is 2. The maximum Gasteiger partial charge on any atom is 0.486 e. The van der Waals surface area contributed by atoms with E-state index in [4.69, 9.17) is 5.73 Å². The Morgan fingerprint density at radius 1 is 1.23 bits per heavy atom. The van der Waals surface area contributed by atoms with Crippen molar-refractivity contribution in [2.75, 3.05) is 5.73 Å². The number of imidazole rings is 1. The van der Waals surface area contributed by atoms with Crippen molar-refractivity contribution >= 4 is 16.7 Å². The van der Waals surface area contributed by atoms with Crippen molar-refractivity contribution in [1.82, 2.24) is 9.55 Å². The molecular weight excluding hydrogens is 361 g/mol. The first-order valence-electron chi connectivity index (χ1n) is 7.58. The van der Waals surface area contributed by atoms with Gasteiger partial charge in [0, 0.05) is 12.2 Å². The largest absolute Gasteiger partial charge is 0.486 e. The van der Waals surface area contributed by atoms with Gasteiger partial charge in [-0.1, -0.05) is 18.2 Å². The number of hydrogen-bond acceptors (Lipinski definition) is 4. The summed E-state index contributed by atoms with van der Waals surface area (Å²) < 4.78 is 76.8. The van der Waals surface area contributed by atoms with Gasteiger partial charge in [0.15, 0.2) is 0 Å². The Hall–Kier alpha value is -2.46. The smallest absolute Gasteiger partial charge is 0.399 e. The Balaban J connectivity index is 1.77. The van der Waals surface area contributed by atoms with Crippen molar-refractivity contribution in [2.45, 2.75) is 31.2 Å². The first-order chi connectivity index (χ1) is 12.1. The summed E-state index contributed by atoms with van der Waals surface area (Å²) in [5, 5.41) is 0. The highest BCUT2D eigenvalue weighted by Crippen LogP contribution is 2.39. The number of rotatable bonds is 2. The third-order valence-corrected chi connectivity index (χ3v) is 4.18. The lowest BCUT2D eigenvalue weighted by atomic mass is 9.99. The molecule has 0 saturated carbocycles. The van der Waals surface area contributed by atoms with Crippen LogP contribution in [-0.4, -0.2) is 28.1 Å².